The van der Waals surface area contributed by atoms with E-state index in [-0.39, 0.29) is 0 Å². The van der Waals surface area contributed by atoms with Crippen LogP contribution in [0, 0.1) is 6.92 Å². The van der Waals surface area contributed by atoms with E-state index in [1.807, 2.05) is 48.4 Å². The van der Waals surface area contributed by atoms with Gasteiger partial charge in [0.05, 0.1) is 5.69 Å². The van der Waals surface area contributed by atoms with Crippen molar-refractivity contribution >= 4 is 34.0 Å². The molecule has 0 unspecified atom stereocenters. The Labute approximate surface area is 125 Å². The highest BCUT2D eigenvalue weighted by Gasteiger charge is 2.04. The van der Waals surface area contributed by atoms with Crippen molar-refractivity contribution < 1.29 is 0 Å². The lowest BCUT2D eigenvalue weighted by molar-refractivity contribution is 0.790. The van der Waals surface area contributed by atoms with E-state index in [4.69, 9.17) is 0 Å². The number of thiazole rings is 1. The molecular formula is C13H13N5S2. The minimum atomic E-state index is 0.795. The highest BCUT2D eigenvalue weighted by Crippen LogP contribution is 2.26. The van der Waals surface area contributed by atoms with Crippen molar-refractivity contribution in [3.63, 3.8) is 0 Å². The summed E-state index contributed by atoms with van der Waals surface area (Å²) in [6.45, 7) is 1.97. The fourth-order valence-corrected chi connectivity index (χ4v) is 3.06. The first-order valence-electron chi connectivity index (χ1n) is 6.01. The standard InChI is InChI=1S/C13H13N5S2/c1-9-8-19-12(16-9)17-11-4-3-10(7-15-11)20-13-14-5-6-18(13)2/h3-8H,1-2H3,(H,15,16,17). The van der Waals surface area contributed by atoms with Gasteiger partial charge in [-0.15, -0.1) is 11.3 Å². The average Bonchev–Trinajstić information content (AvgIpc) is 3.02. The maximum Gasteiger partial charge on any atom is 0.188 e. The lowest BCUT2D eigenvalue weighted by Gasteiger charge is -2.04. The number of anilines is 2. The van der Waals surface area contributed by atoms with Gasteiger partial charge in [-0.3, -0.25) is 0 Å². The summed E-state index contributed by atoms with van der Waals surface area (Å²) >= 11 is 3.16. The van der Waals surface area contributed by atoms with Gasteiger partial charge in [0.2, 0.25) is 0 Å². The maximum atomic E-state index is 4.39. The molecule has 102 valence electrons. The summed E-state index contributed by atoms with van der Waals surface area (Å²) in [5, 5.41) is 7.00. The quantitative estimate of drug-likeness (QED) is 0.799. The van der Waals surface area contributed by atoms with Crippen LogP contribution in [0.3, 0.4) is 0 Å². The minimum Gasteiger partial charge on any atom is -0.329 e. The van der Waals surface area contributed by atoms with Crippen LogP contribution in [0.4, 0.5) is 10.9 Å². The first-order valence-corrected chi connectivity index (χ1v) is 7.71. The monoisotopic (exact) mass is 303 g/mol. The molecule has 0 saturated heterocycles. The Bertz CT molecular complexity index is 702. The molecule has 0 atom stereocenters. The third-order valence-electron chi connectivity index (χ3n) is 2.58. The molecule has 3 heterocycles. The summed E-state index contributed by atoms with van der Waals surface area (Å²) in [5.74, 6) is 0.795. The highest BCUT2D eigenvalue weighted by molar-refractivity contribution is 7.99. The highest BCUT2D eigenvalue weighted by atomic mass is 32.2. The molecule has 0 saturated carbocycles. The van der Waals surface area contributed by atoms with E-state index in [9.17, 15) is 0 Å². The van der Waals surface area contributed by atoms with Crippen molar-refractivity contribution in [2.24, 2.45) is 7.05 Å². The summed E-state index contributed by atoms with van der Waals surface area (Å²) in [6, 6.07) is 3.97. The molecule has 0 aliphatic rings. The lowest BCUT2D eigenvalue weighted by atomic mass is 10.5. The summed E-state index contributed by atoms with van der Waals surface area (Å²) in [5.41, 5.74) is 1.01. The maximum absolute atomic E-state index is 4.39. The molecule has 20 heavy (non-hydrogen) atoms. The first-order chi connectivity index (χ1) is 9.70. The molecular weight excluding hydrogens is 290 g/mol. The molecule has 0 fully saturated rings. The summed E-state index contributed by atoms with van der Waals surface area (Å²) in [7, 11) is 1.98. The number of rotatable bonds is 4. The Hall–Kier alpha value is -1.86. The second kappa shape index (κ2) is 5.64. The zero-order valence-corrected chi connectivity index (χ0v) is 12.7. The Balaban J connectivity index is 1.70. The largest absolute Gasteiger partial charge is 0.329 e. The average molecular weight is 303 g/mol. The van der Waals surface area contributed by atoms with Gasteiger partial charge in [-0.25, -0.2) is 15.0 Å². The second-order valence-corrected chi connectivity index (χ2v) is 6.12. The molecule has 3 rings (SSSR count). The van der Waals surface area contributed by atoms with Gasteiger partial charge in [-0.2, -0.15) is 0 Å². The van der Waals surface area contributed by atoms with Crippen molar-refractivity contribution in [3.05, 3.63) is 41.8 Å². The summed E-state index contributed by atoms with van der Waals surface area (Å²) in [6.07, 6.45) is 5.55. The fourth-order valence-electron chi connectivity index (χ4n) is 1.59. The normalized spacial score (nSPS) is 10.7. The first kappa shape index (κ1) is 13.1. The molecule has 0 radical (unpaired) electrons. The third kappa shape index (κ3) is 3.00. The van der Waals surface area contributed by atoms with Crippen LogP contribution in [0.25, 0.3) is 0 Å². The Kier molecular flexibility index (Phi) is 3.70. The molecule has 0 amide bonds. The van der Waals surface area contributed by atoms with Crippen molar-refractivity contribution in [2.75, 3.05) is 5.32 Å². The van der Waals surface area contributed by atoms with Crippen molar-refractivity contribution in [1.82, 2.24) is 19.5 Å². The zero-order chi connectivity index (χ0) is 13.9. The van der Waals surface area contributed by atoms with E-state index in [0.717, 1.165) is 26.7 Å². The Morgan fingerprint density at radius 1 is 1.30 bits per heavy atom. The van der Waals surface area contributed by atoms with E-state index in [2.05, 4.69) is 20.3 Å². The smallest absolute Gasteiger partial charge is 0.188 e. The Morgan fingerprint density at radius 3 is 2.80 bits per heavy atom. The van der Waals surface area contributed by atoms with Gasteiger partial charge < -0.3 is 9.88 Å². The number of hydrogen-bond donors (Lipinski definition) is 1. The van der Waals surface area contributed by atoms with Gasteiger partial charge in [0.15, 0.2) is 10.3 Å². The number of nitrogens with one attached hydrogen (secondary N) is 1. The van der Waals surface area contributed by atoms with E-state index >= 15 is 0 Å². The molecule has 0 bridgehead atoms. The molecule has 1 N–H and O–H groups in total. The predicted octanol–water partition coefficient (Wildman–Crippen LogP) is 3.47. The van der Waals surface area contributed by atoms with Gasteiger partial charge in [0, 0.05) is 35.9 Å². The van der Waals surface area contributed by atoms with Crippen LogP contribution in [0.15, 0.2) is 46.2 Å². The third-order valence-corrected chi connectivity index (χ3v) is 4.51. The van der Waals surface area contributed by atoms with Crippen LogP contribution in [0.2, 0.25) is 0 Å². The molecule has 5 nitrogen and oxygen atoms in total. The molecule has 0 aliphatic heterocycles. The lowest BCUT2D eigenvalue weighted by Crippen LogP contribution is -1.93. The molecule has 3 aromatic heterocycles. The van der Waals surface area contributed by atoms with Crippen LogP contribution >= 0.6 is 23.1 Å². The summed E-state index contributed by atoms with van der Waals surface area (Å²) in [4.78, 5) is 14.1. The van der Waals surface area contributed by atoms with E-state index in [1.165, 1.54) is 0 Å². The van der Waals surface area contributed by atoms with Crippen molar-refractivity contribution in [1.29, 1.82) is 0 Å². The van der Waals surface area contributed by atoms with Gasteiger partial charge in [0.25, 0.3) is 0 Å². The number of aryl methyl sites for hydroxylation is 2. The van der Waals surface area contributed by atoms with Gasteiger partial charge in [-0.1, -0.05) is 11.8 Å². The van der Waals surface area contributed by atoms with Gasteiger partial charge in [0.1, 0.15) is 5.82 Å². The fraction of sp³-hybridized carbons (Fsp3) is 0.154. The van der Waals surface area contributed by atoms with Crippen LogP contribution in [0.5, 0.6) is 0 Å². The zero-order valence-electron chi connectivity index (χ0n) is 11.1. The predicted molar refractivity (Wildman–Crippen MR) is 81.7 cm³/mol. The summed E-state index contributed by atoms with van der Waals surface area (Å²) < 4.78 is 1.98. The van der Waals surface area contributed by atoms with Crippen molar-refractivity contribution in [2.45, 2.75) is 17.0 Å². The van der Waals surface area contributed by atoms with E-state index < -0.39 is 0 Å². The van der Waals surface area contributed by atoms with Gasteiger partial charge >= 0.3 is 0 Å². The van der Waals surface area contributed by atoms with Crippen LogP contribution < -0.4 is 5.32 Å². The molecule has 3 aromatic rings. The number of aromatic nitrogens is 4. The number of imidazole rings is 1. The molecule has 7 heteroatoms. The van der Waals surface area contributed by atoms with E-state index in [0.29, 0.717) is 0 Å². The molecule has 0 aromatic carbocycles. The molecule has 0 spiro atoms. The van der Waals surface area contributed by atoms with Gasteiger partial charge in [-0.05, 0) is 19.1 Å². The van der Waals surface area contributed by atoms with Crippen molar-refractivity contribution in [3.8, 4) is 0 Å². The topological polar surface area (TPSA) is 55.6 Å². The van der Waals surface area contributed by atoms with Crippen LogP contribution in [0.1, 0.15) is 5.69 Å². The number of nitrogens with zero attached hydrogens (tertiary/aromatic N) is 4. The van der Waals surface area contributed by atoms with Crippen LogP contribution in [-0.4, -0.2) is 19.5 Å². The number of hydrogen-bond acceptors (Lipinski definition) is 6. The molecule has 0 aliphatic carbocycles. The SMILES string of the molecule is Cc1csc(Nc2ccc(Sc3nccn3C)cn2)n1. The Morgan fingerprint density at radius 2 is 2.20 bits per heavy atom. The van der Waals surface area contributed by atoms with E-state index in [1.54, 1.807) is 29.3 Å². The van der Waals surface area contributed by atoms with Crippen LogP contribution in [-0.2, 0) is 7.05 Å². The second-order valence-electron chi connectivity index (χ2n) is 4.22. The number of pyridine rings is 1. The minimum absolute atomic E-state index is 0.795.